The molecule has 0 bridgehead atoms. The van der Waals surface area contributed by atoms with Crippen molar-refractivity contribution in [2.24, 2.45) is 5.92 Å². The topological polar surface area (TPSA) is 53.0 Å². The molecule has 0 unspecified atom stereocenters. The summed E-state index contributed by atoms with van der Waals surface area (Å²) >= 11 is 0. The molecule has 1 amide bonds. The Morgan fingerprint density at radius 1 is 1.53 bits per heavy atom. The highest BCUT2D eigenvalue weighted by atomic mass is 16.5. The number of carbonyl (C=O) groups is 1. The SMILES string of the molecule is CCOCC(=O)N1CC[C@H](CO)[C@H](N(C)C)C1. The summed E-state index contributed by atoms with van der Waals surface area (Å²) in [7, 11) is 3.98. The van der Waals surface area contributed by atoms with Gasteiger partial charge >= 0.3 is 0 Å². The average Bonchev–Trinajstić information content (AvgIpc) is 2.34. The molecule has 1 saturated heterocycles. The highest BCUT2D eigenvalue weighted by molar-refractivity contribution is 5.77. The van der Waals surface area contributed by atoms with Crippen LogP contribution in [0.25, 0.3) is 0 Å². The largest absolute Gasteiger partial charge is 0.396 e. The Hall–Kier alpha value is -0.650. The number of carbonyl (C=O) groups excluding carboxylic acids is 1. The van der Waals surface area contributed by atoms with Crippen LogP contribution in [0.15, 0.2) is 0 Å². The summed E-state index contributed by atoms with van der Waals surface area (Å²) in [4.78, 5) is 15.8. The first-order chi connectivity index (χ1) is 8.10. The molecule has 0 radical (unpaired) electrons. The molecular weight excluding hydrogens is 220 g/mol. The highest BCUT2D eigenvalue weighted by Gasteiger charge is 2.32. The van der Waals surface area contributed by atoms with Crippen LogP contribution in [0.3, 0.4) is 0 Å². The van der Waals surface area contributed by atoms with Gasteiger partial charge in [-0.3, -0.25) is 4.79 Å². The van der Waals surface area contributed by atoms with E-state index in [0.29, 0.717) is 13.2 Å². The molecular formula is C12H24N2O3. The van der Waals surface area contributed by atoms with E-state index in [-0.39, 0.29) is 31.1 Å². The van der Waals surface area contributed by atoms with Crippen LogP contribution in [-0.4, -0.2) is 73.9 Å². The van der Waals surface area contributed by atoms with Crippen molar-refractivity contribution in [3.63, 3.8) is 0 Å². The third-order valence-electron chi connectivity index (χ3n) is 3.40. The van der Waals surface area contributed by atoms with Crippen LogP contribution in [0.4, 0.5) is 0 Å². The minimum Gasteiger partial charge on any atom is -0.396 e. The zero-order valence-electron chi connectivity index (χ0n) is 11.1. The molecule has 1 fully saturated rings. The van der Waals surface area contributed by atoms with Gasteiger partial charge in [0.15, 0.2) is 0 Å². The Labute approximate surface area is 103 Å². The molecule has 0 spiro atoms. The van der Waals surface area contributed by atoms with Gasteiger partial charge in [0.2, 0.25) is 5.91 Å². The van der Waals surface area contributed by atoms with Gasteiger partial charge in [0, 0.05) is 38.3 Å². The van der Waals surface area contributed by atoms with Crippen LogP contribution >= 0.6 is 0 Å². The quantitative estimate of drug-likeness (QED) is 0.727. The molecule has 0 saturated carbocycles. The number of aliphatic hydroxyl groups excluding tert-OH is 1. The molecule has 5 nitrogen and oxygen atoms in total. The molecule has 0 aromatic rings. The highest BCUT2D eigenvalue weighted by Crippen LogP contribution is 2.20. The monoisotopic (exact) mass is 244 g/mol. The first-order valence-electron chi connectivity index (χ1n) is 6.23. The number of likely N-dealkylation sites (tertiary alicyclic amines) is 1. The Morgan fingerprint density at radius 2 is 2.24 bits per heavy atom. The molecule has 0 aromatic carbocycles. The lowest BCUT2D eigenvalue weighted by Crippen LogP contribution is -2.53. The molecule has 1 aliphatic rings. The normalized spacial score (nSPS) is 25.4. The number of hydrogen-bond donors (Lipinski definition) is 1. The molecule has 2 atom stereocenters. The van der Waals surface area contributed by atoms with Crippen molar-refractivity contribution in [2.75, 3.05) is 47.0 Å². The summed E-state index contributed by atoms with van der Waals surface area (Å²) in [5.74, 6) is 0.316. The van der Waals surface area contributed by atoms with E-state index in [1.165, 1.54) is 0 Å². The van der Waals surface area contributed by atoms with Gasteiger partial charge in [0.05, 0.1) is 0 Å². The van der Waals surface area contributed by atoms with E-state index in [2.05, 4.69) is 4.90 Å². The van der Waals surface area contributed by atoms with Crippen LogP contribution in [0, 0.1) is 5.92 Å². The second-order valence-electron chi connectivity index (χ2n) is 4.74. The van der Waals surface area contributed by atoms with E-state index in [4.69, 9.17) is 4.74 Å². The second kappa shape index (κ2) is 6.93. The minimum absolute atomic E-state index is 0.0510. The van der Waals surface area contributed by atoms with E-state index in [9.17, 15) is 9.90 Å². The summed E-state index contributed by atoms with van der Waals surface area (Å²) in [6.45, 7) is 4.21. The number of piperidine rings is 1. The minimum atomic E-state index is 0.0510. The lowest BCUT2D eigenvalue weighted by Gasteiger charge is -2.41. The predicted octanol–water partition coefficient (Wildman–Crippen LogP) is -0.206. The van der Waals surface area contributed by atoms with Gasteiger partial charge in [-0.1, -0.05) is 0 Å². The fourth-order valence-corrected chi connectivity index (χ4v) is 2.29. The van der Waals surface area contributed by atoms with Crippen LogP contribution < -0.4 is 0 Å². The molecule has 17 heavy (non-hydrogen) atoms. The van der Waals surface area contributed by atoms with Crippen LogP contribution in [-0.2, 0) is 9.53 Å². The lowest BCUT2D eigenvalue weighted by atomic mass is 9.91. The van der Waals surface area contributed by atoms with Gasteiger partial charge in [0.1, 0.15) is 6.61 Å². The van der Waals surface area contributed by atoms with Crippen molar-refractivity contribution in [2.45, 2.75) is 19.4 Å². The van der Waals surface area contributed by atoms with Crippen LogP contribution in [0.2, 0.25) is 0 Å². The number of likely N-dealkylation sites (N-methyl/N-ethyl adjacent to an activating group) is 1. The van der Waals surface area contributed by atoms with Gasteiger partial charge in [-0.2, -0.15) is 0 Å². The van der Waals surface area contributed by atoms with E-state index in [0.717, 1.165) is 13.0 Å². The number of aliphatic hydroxyl groups is 1. The summed E-state index contributed by atoms with van der Waals surface area (Å²) in [6, 6.07) is 0.235. The van der Waals surface area contributed by atoms with Gasteiger partial charge in [-0.05, 0) is 27.4 Å². The van der Waals surface area contributed by atoms with Gasteiger partial charge < -0.3 is 19.6 Å². The molecule has 1 rings (SSSR count). The maximum atomic E-state index is 11.8. The maximum Gasteiger partial charge on any atom is 0.248 e. The Bertz CT molecular complexity index is 246. The average molecular weight is 244 g/mol. The summed E-state index contributed by atoms with van der Waals surface area (Å²) in [5.41, 5.74) is 0. The van der Waals surface area contributed by atoms with Crippen molar-refractivity contribution in [1.29, 1.82) is 0 Å². The zero-order chi connectivity index (χ0) is 12.8. The number of hydrogen-bond acceptors (Lipinski definition) is 4. The smallest absolute Gasteiger partial charge is 0.248 e. The first kappa shape index (κ1) is 14.4. The van der Waals surface area contributed by atoms with Crippen LogP contribution in [0.1, 0.15) is 13.3 Å². The fourth-order valence-electron chi connectivity index (χ4n) is 2.29. The van der Waals surface area contributed by atoms with Crippen molar-refractivity contribution < 1.29 is 14.6 Å². The molecule has 1 N–H and O–H groups in total. The van der Waals surface area contributed by atoms with E-state index in [1.807, 2.05) is 25.9 Å². The van der Waals surface area contributed by atoms with Gasteiger partial charge in [0.25, 0.3) is 0 Å². The van der Waals surface area contributed by atoms with Crippen molar-refractivity contribution >= 4 is 5.91 Å². The Morgan fingerprint density at radius 3 is 2.76 bits per heavy atom. The van der Waals surface area contributed by atoms with Crippen molar-refractivity contribution in [3.05, 3.63) is 0 Å². The van der Waals surface area contributed by atoms with Crippen molar-refractivity contribution in [1.82, 2.24) is 9.80 Å². The molecule has 5 heteroatoms. The number of ether oxygens (including phenoxy) is 1. The molecule has 0 aliphatic carbocycles. The molecule has 100 valence electrons. The second-order valence-corrected chi connectivity index (χ2v) is 4.74. The molecule has 1 heterocycles. The summed E-state index contributed by atoms with van der Waals surface area (Å²) < 4.78 is 5.14. The van der Waals surface area contributed by atoms with Gasteiger partial charge in [-0.15, -0.1) is 0 Å². The zero-order valence-corrected chi connectivity index (χ0v) is 11.1. The fraction of sp³-hybridized carbons (Fsp3) is 0.917. The standard InChI is InChI=1S/C12H24N2O3/c1-4-17-9-12(16)14-6-5-10(8-15)11(7-14)13(2)3/h10-11,15H,4-9H2,1-3H3/t10-,11-/m1/s1. The third kappa shape index (κ3) is 3.94. The number of rotatable bonds is 5. The molecule has 1 aliphatic heterocycles. The maximum absolute atomic E-state index is 11.8. The Balaban J connectivity index is 2.52. The van der Waals surface area contributed by atoms with E-state index in [1.54, 1.807) is 0 Å². The Kier molecular flexibility index (Phi) is 5.88. The van der Waals surface area contributed by atoms with E-state index < -0.39 is 0 Å². The predicted molar refractivity (Wildman–Crippen MR) is 65.7 cm³/mol. The first-order valence-corrected chi connectivity index (χ1v) is 6.23. The number of nitrogens with zero attached hydrogens (tertiary/aromatic N) is 2. The summed E-state index contributed by atoms with van der Waals surface area (Å²) in [6.07, 6.45) is 0.858. The van der Waals surface area contributed by atoms with Crippen molar-refractivity contribution in [3.8, 4) is 0 Å². The number of amides is 1. The van der Waals surface area contributed by atoms with Gasteiger partial charge in [-0.25, -0.2) is 0 Å². The molecule has 0 aromatic heterocycles. The van der Waals surface area contributed by atoms with Crippen LogP contribution in [0.5, 0.6) is 0 Å². The lowest BCUT2D eigenvalue weighted by molar-refractivity contribution is -0.139. The third-order valence-corrected chi connectivity index (χ3v) is 3.40. The summed E-state index contributed by atoms with van der Waals surface area (Å²) in [5, 5.41) is 9.32. The van der Waals surface area contributed by atoms with E-state index >= 15 is 0 Å².